The predicted octanol–water partition coefficient (Wildman–Crippen LogP) is 2.34. The fourth-order valence-corrected chi connectivity index (χ4v) is 1.85. The molecule has 0 aliphatic rings. The van der Waals surface area contributed by atoms with Gasteiger partial charge in [0.25, 0.3) is 0 Å². The van der Waals surface area contributed by atoms with E-state index in [9.17, 15) is 13.9 Å². The Kier molecular flexibility index (Phi) is 5.38. The Morgan fingerprint density at radius 2 is 2.11 bits per heavy atom. The smallest absolute Gasteiger partial charge is 0.137 e. The van der Waals surface area contributed by atoms with Crippen LogP contribution in [0.1, 0.15) is 24.9 Å². The molecule has 1 heterocycles. The first kappa shape index (κ1) is 15.5. The van der Waals surface area contributed by atoms with Crippen molar-refractivity contribution in [3.8, 4) is 0 Å². The van der Waals surface area contributed by atoms with Crippen LogP contribution in [0.25, 0.3) is 0 Å². The summed E-state index contributed by atoms with van der Waals surface area (Å²) in [6.45, 7) is 1.77. The second-order valence-corrected chi connectivity index (χ2v) is 3.96. The van der Waals surface area contributed by atoms with E-state index in [-0.39, 0.29) is 18.0 Å². The molecule has 2 aromatic rings. The summed E-state index contributed by atoms with van der Waals surface area (Å²) in [7, 11) is 0. The van der Waals surface area contributed by atoms with Gasteiger partial charge in [-0.3, -0.25) is 0 Å². The monoisotopic (exact) mass is 289 g/mol. The second kappa shape index (κ2) is 6.58. The lowest BCUT2D eigenvalue weighted by Crippen LogP contribution is -2.26. The van der Waals surface area contributed by atoms with E-state index < -0.39 is 23.8 Å². The standard InChI is InChI=1S/C12H13F2N3O.ClH/c1-2-11(18)12(17-7-15-6-16-17)9-4-3-8(13)5-10(9)14;/h3-7,11-12,18H,2H2,1H3;1H. The molecule has 0 aliphatic heterocycles. The molecule has 0 radical (unpaired) electrons. The Morgan fingerprint density at radius 3 is 2.63 bits per heavy atom. The van der Waals surface area contributed by atoms with Gasteiger partial charge < -0.3 is 5.11 Å². The Hall–Kier alpha value is -1.53. The van der Waals surface area contributed by atoms with Crippen molar-refractivity contribution in [2.45, 2.75) is 25.5 Å². The minimum absolute atomic E-state index is 0. The quantitative estimate of drug-likeness (QED) is 0.940. The molecule has 2 unspecified atom stereocenters. The largest absolute Gasteiger partial charge is 0.391 e. The van der Waals surface area contributed by atoms with Gasteiger partial charge in [0.1, 0.15) is 30.3 Å². The van der Waals surface area contributed by atoms with Crippen LogP contribution in [-0.4, -0.2) is 26.0 Å². The van der Waals surface area contributed by atoms with Crippen molar-refractivity contribution in [1.82, 2.24) is 14.8 Å². The van der Waals surface area contributed by atoms with E-state index >= 15 is 0 Å². The zero-order valence-electron chi connectivity index (χ0n) is 10.2. The van der Waals surface area contributed by atoms with Crippen molar-refractivity contribution in [1.29, 1.82) is 0 Å². The first-order valence-electron chi connectivity index (χ1n) is 5.60. The van der Waals surface area contributed by atoms with Crippen molar-refractivity contribution in [2.24, 2.45) is 0 Å². The lowest BCUT2D eigenvalue weighted by molar-refractivity contribution is 0.118. The van der Waals surface area contributed by atoms with Crippen LogP contribution < -0.4 is 0 Å². The third-order valence-electron chi connectivity index (χ3n) is 2.79. The summed E-state index contributed by atoms with van der Waals surface area (Å²) in [6, 6.07) is 2.56. The van der Waals surface area contributed by atoms with Crippen LogP contribution in [0, 0.1) is 11.6 Å². The van der Waals surface area contributed by atoms with Crippen molar-refractivity contribution in [3.63, 3.8) is 0 Å². The van der Waals surface area contributed by atoms with Gasteiger partial charge in [0.2, 0.25) is 0 Å². The van der Waals surface area contributed by atoms with Crippen LogP contribution in [0.5, 0.6) is 0 Å². The molecule has 0 saturated carbocycles. The average molecular weight is 290 g/mol. The van der Waals surface area contributed by atoms with E-state index in [0.29, 0.717) is 6.42 Å². The Balaban J connectivity index is 0.00000180. The minimum atomic E-state index is -0.827. The van der Waals surface area contributed by atoms with E-state index in [2.05, 4.69) is 10.1 Å². The lowest BCUT2D eigenvalue weighted by Gasteiger charge is -2.22. The van der Waals surface area contributed by atoms with Gasteiger partial charge in [-0.05, 0) is 12.5 Å². The molecule has 4 nitrogen and oxygen atoms in total. The van der Waals surface area contributed by atoms with Gasteiger partial charge in [-0.1, -0.05) is 13.0 Å². The number of nitrogens with zero attached hydrogens (tertiary/aromatic N) is 3. The van der Waals surface area contributed by atoms with Crippen molar-refractivity contribution in [2.75, 3.05) is 0 Å². The average Bonchev–Trinajstić information content (AvgIpc) is 2.85. The molecule has 0 fully saturated rings. The third kappa shape index (κ3) is 3.27. The summed E-state index contributed by atoms with van der Waals surface area (Å²) >= 11 is 0. The van der Waals surface area contributed by atoms with Gasteiger partial charge in [-0.15, -0.1) is 12.4 Å². The highest BCUT2D eigenvalue weighted by atomic mass is 35.5. The van der Waals surface area contributed by atoms with Crippen LogP contribution in [0.3, 0.4) is 0 Å². The SMILES string of the molecule is CCC(O)C(c1ccc(F)cc1F)n1cncn1.Cl. The third-order valence-corrected chi connectivity index (χ3v) is 2.79. The van der Waals surface area contributed by atoms with Crippen molar-refractivity contribution >= 4 is 12.4 Å². The maximum absolute atomic E-state index is 13.8. The van der Waals surface area contributed by atoms with E-state index in [1.165, 1.54) is 23.4 Å². The van der Waals surface area contributed by atoms with E-state index in [1.54, 1.807) is 6.92 Å². The van der Waals surface area contributed by atoms with Gasteiger partial charge in [0, 0.05) is 11.6 Å². The second-order valence-electron chi connectivity index (χ2n) is 3.96. The van der Waals surface area contributed by atoms with Gasteiger partial charge in [-0.25, -0.2) is 18.4 Å². The molecule has 1 aromatic carbocycles. The number of rotatable bonds is 4. The van der Waals surface area contributed by atoms with Crippen LogP contribution in [-0.2, 0) is 0 Å². The number of aromatic nitrogens is 3. The van der Waals surface area contributed by atoms with Gasteiger partial charge in [-0.2, -0.15) is 5.10 Å². The number of aliphatic hydroxyl groups excluding tert-OH is 1. The highest BCUT2D eigenvalue weighted by molar-refractivity contribution is 5.85. The van der Waals surface area contributed by atoms with Gasteiger partial charge >= 0.3 is 0 Å². The molecule has 0 bridgehead atoms. The predicted molar refractivity (Wildman–Crippen MR) is 68.1 cm³/mol. The maximum atomic E-state index is 13.8. The number of hydrogen-bond donors (Lipinski definition) is 1. The molecule has 1 aromatic heterocycles. The Bertz CT molecular complexity index is 522. The molecule has 0 amide bonds. The summed E-state index contributed by atoms with van der Waals surface area (Å²) in [4.78, 5) is 3.78. The van der Waals surface area contributed by atoms with E-state index in [0.717, 1.165) is 12.1 Å². The molecule has 0 spiro atoms. The highest BCUT2D eigenvalue weighted by Crippen LogP contribution is 2.25. The summed E-state index contributed by atoms with van der Waals surface area (Å²) < 4.78 is 28.0. The lowest BCUT2D eigenvalue weighted by atomic mass is 9.99. The molecular formula is C12H14ClF2N3O. The summed E-state index contributed by atoms with van der Waals surface area (Å²) in [5, 5.41) is 13.9. The molecule has 19 heavy (non-hydrogen) atoms. The first-order chi connectivity index (χ1) is 8.63. The molecule has 104 valence electrons. The van der Waals surface area contributed by atoms with Gasteiger partial charge in [0.05, 0.1) is 6.10 Å². The molecule has 0 saturated heterocycles. The highest BCUT2D eigenvalue weighted by Gasteiger charge is 2.25. The maximum Gasteiger partial charge on any atom is 0.137 e. The van der Waals surface area contributed by atoms with Crippen molar-refractivity contribution in [3.05, 3.63) is 48.1 Å². The minimum Gasteiger partial charge on any atom is -0.391 e. The fourth-order valence-electron chi connectivity index (χ4n) is 1.85. The zero-order valence-corrected chi connectivity index (χ0v) is 11.0. The number of benzene rings is 1. The topological polar surface area (TPSA) is 50.9 Å². The molecule has 0 aliphatic carbocycles. The number of aliphatic hydroxyl groups is 1. The van der Waals surface area contributed by atoms with Gasteiger partial charge in [0.15, 0.2) is 0 Å². The van der Waals surface area contributed by atoms with E-state index in [4.69, 9.17) is 0 Å². The zero-order chi connectivity index (χ0) is 13.1. The molecule has 7 heteroatoms. The Morgan fingerprint density at radius 1 is 1.37 bits per heavy atom. The number of hydrogen-bond acceptors (Lipinski definition) is 3. The fraction of sp³-hybridized carbons (Fsp3) is 0.333. The first-order valence-corrected chi connectivity index (χ1v) is 5.60. The van der Waals surface area contributed by atoms with Crippen LogP contribution >= 0.6 is 12.4 Å². The summed E-state index contributed by atoms with van der Waals surface area (Å²) in [5.74, 6) is -1.36. The Labute approximate surface area is 115 Å². The normalized spacial score (nSPS) is 13.7. The van der Waals surface area contributed by atoms with Crippen LogP contribution in [0.4, 0.5) is 8.78 Å². The number of halogens is 3. The van der Waals surface area contributed by atoms with Crippen LogP contribution in [0.15, 0.2) is 30.9 Å². The molecule has 2 atom stereocenters. The van der Waals surface area contributed by atoms with Crippen LogP contribution in [0.2, 0.25) is 0 Å². The molecule has 1 N–H and O–H groups in total. The molecule has 2 rings (SSSR count). The van der Waals surface area contributed by atoms with Crippen molar-refractivity contribution < 1.29 is 13.9 Å². The summed E-state index contributed by atoms with van der Waals surface area (Å²) in [6.07, 6.45) is 2.29. The summed E-state index contributed by atoms with van der Waals surface area (Å²) in [5.41, 5.74) is 0.191. The van der Waals surface area contributed by atoms with E-state index in [1.807, 2.05) is 0 Å². The molecular weight excluding hydrogens is 276 g/mol.